The highest BCUT2D eigenvalue weighted by Gasteiger charge is 2.27. The zero-order valence-electron chi connectivity index (χ0n) is 11.2. The Balaban J connectivity index is 2.18. The van der Waals surface area contributed by atoms with Gasteiger partial charge >= 0.3 is 0 Å². The van der Waals surface area contributed by atoms with Crippen molar-refractivity contribution in [1.82, 2.24) is 5.32 Å². The minimum absolute atomic E-state index is 0.0167. The van der Waals surface area contributed by atoms with E-state index in [4.69, 9.17) is 4.74 Å². The SMILES string of the molecule is CCCNC(=O)CN1C(=O)COc2ccc(C)cc21. The molecule has 0 radical (unpaired) electrons. The summed E-state index contributed by atoms with van der Waals surface area (Å²) in [5.74, 6) is 0.308. The van der Waals surface area contributed by atoms with Crippen molar-refractivity contribution < 1.29 is 14.3 Å². The molecular formula is C14H18N2O3. The van der Waals surface area contributed by atoms with Crippen molar-refractivity contribution in [3.63, 3.8) is 0 Å². The van der Waals surface area contributed by atoms with E-state index in [1.54, 1.807) is 0 Å². The summed E-state index contributed by atoms with van der Waals surface area (Å²) in [6, 6.07) is 5.61. The number of aryl methyl sites for hydroxylation is 1. The van der Waals surface area contributed by atoms with Gasteiger partial charge in [0.25, 0.3) is 5.91 Å². The molecule has 1 aliphatic heterocycles. The van der Waals surface area contributed by atoms with Crippen LogP contribution in [0.4, 0.5) is 5.69 Å². The summed E-state index contributed by atoms with van der Waals surface area (Å²) in [6.07, 6.45) is 0.874. The maximum absolute atomic E-state index is 11.9. The second-order valence-electron chi connectivity index (χ2n) is 4.59. The van der Waals surface area contributed by atoms with Gasteiger partial charge in [-0.15, -0.1) is 0 Å². The molecule has 0 spiro atoms. The topological polar surface area (TPSA) is 58.6 Å². The molecule has 0 aromatic heterocycles. The second-order valence-corrected chi connectivity index (χ2v) is 4.59. The number of hydrogen-bond acceptors (Lipinski definition) is 3. The maximum atomic E-state index is 11.9. The molecule has 1 aliphatic rings. The average molecular weight is 262 g/mol. The van der Waals surface area contributed by atoms with Gasteiger partial charge in [-0.1, -0.05) is 13.0 Å². The smallest absolute Gasteiger partial charge is 0.265 e. The van der Waals surface area contributed by atoms with Crippen LogP contribution in [-0.2, 0) is 9.59 Å². The number of rotatable bonds is 4. The van der Waals surface area contributed by atoms with Crippen LogP contribution < -0.4 is 15.0 Å². The van der Waals surface area contributed by atoms with Crippen molar-refractivity contribution in [3.8, 4) is 5.75 Å². The second kappa shape index (κ2) is 5.73. The summed E-state index contributed by atoms with van der Waals surface area (Å²) in [5.41, 5.74) is 1.69. The van der Waals surface area contributed by atoms with E-state index in [0.29, 0.717) is 18.0 Å². The molecule has 19 heavy (non-hydrogen) atoms. The number of hydrogen-bond donors (Lipinski definition) is 1. The van der Waals surface area contributed by atoms with Crippen LogP contribution in [0, 0.1) is 6.92 Å². The summed E-state index contributed by atoms with van der Waals surface area (Å²) in [4.78, 5) is 25.1. The Kier molecular flexibility index (Phi) is 4.04. The quantitative estimate of drug-likeness (QED) is 0.888. The first-order chi connectivity index (χ1) is 9.11. The molecule has 1 heterocycles. The number of carbonyl (C=O) groups excluding carboxylic acids is 2. The van der Waals surface area contributed by atoms with Crippen molar-refractivity contribution in [3.05, 3.63) is 23.8 Å². The van der Waals surface area contributed by atoms with Crippen molar-refractivity contribution >= 4 is 17.5 Å². The van der Waals surface area contributed by atoms with Gasteiger partial charge < -0.3 is 10.1 Å². The third-order valence-corrected chi connectivity index (χ3v) is 2.93. The average Bonchev–Trinajstić information content (AvgIpc) is 2.40. The summed E-state index contributed by atoms with van der Waals surface area (Å²) in [5, 5.41) is 2.77. The van der Waals surface area contributed by atoms with E-state index in [-0.39, 0.29) is 25.0 Å². The first-order valence-electron chi connectivity index (χ1n) is 6.42. The summed E-state index contributed by atoms with van der Waals surface area (Å²) in [6.45, 7) is 4.57. The minimum atomic E-state index is -0.190. The lowest BCUT2D eigenvalue weighted by molar-refractivity contribution is -0.125. The third kappa shape index (κ3) is 3.05. The molecule has 0 unspecified atom stereocenters. The molecule has 1 aromatic carbocycles. The highest BCUT2D eigenvalue weighted by Crippen LogP contribution is 2.32. The lowest BCUT2D eigenvalue weighted by Crippen LogP contribution is -2.45. The highest BCUT2D eigenvalue weighted by atomic mass is 16.5. The van der Waals surface area contributed by atoms with E-state index in [1.165, 1.54) is 4.90 Å². The first-order valence-corrected chi connectivity index (χ1v) is 6.42. The van der Waals surface area contributed by atoms with Crippen LogP contribution >= 0.6 is 0 Å². The number of fused-ring (bicyclic) bond motifs is 1. The number of nitrogens with one attached hydrogen (secondary N) is 1. The lowest BCUT2D eigenvalue weighted by atomic mass is 10.1. The number of anilines is 1. The molecule has 102 valence electrons. The molecule has 0 aliphatic carbocycles. The normalized spacial score (nSPS) is 13.8. The first kappa shape index (κ1) is 13.4. The number of nitrogens with zero attached hydrogens (tertiary/aromatic N) is 1. The Bertz CT molecular complexity index is 499. The Hall–Kier alpha value is -2.04. The van der Waals surface area contributed by atoms with Crippen molar-refractivity contribution in [2.45, 2.75) is 20.3 Å². The largest absolute Gasteiger partial charge is 0.482 e. The number of ether oxygens (including phenoxy) is 1. The Morgan fingerprint density at radius 1 is 1.47 bits per heavy atom. The van der Waals surface area contributed by atoms with E-state index in [9.17, 15) is 9.59 Å². The molecule has 0 bridgehead atoms. The predicted octanol–water partition coefficient (Wildman–Crippen LogP) is 1.25. The zero-order valence-corrected chi connectivity index (χ0v) is 11.2. The fraction of sp³-hybridized carbons (Fsp3) is 0.429. The molecule has 0 atom stereocenters. The Labute approximate surface area is 112 Å². The van der Waals surface area contributed by atoms with Crippen LogP contribution in [0.1, 0.15) is 18.9 Å². The molecule has 2 rings (SSSR count). The van der Waals surface area contributed by atoms with Crippen LogP contribution in [0.3, 0.4) is 0 Å². The van der Waals surface area contributed by atoms with Gasteiger partial charge in [0.1, 0.15) is 12.3 Å². The molecule has 5 nitrogen and oxygen atoms in total. The van der Waals surface area contributed by atoms with E-state index in [1.807, 2.05) is 32.0 Å². The fourth-order valence-electron chi connectivity index (χ4n) is 1.95. The standard InChI is InChI=1S/C14H18N2O3/c1-3-6-15-13(17)8-16-11-7-10(2)4-5-12(11)19-9-14(16)18/h4-5,7H,3,6,8-9H2,1-2H3,(H,15,17). The van der Waals surface area contributed by atoms with Gasteiger partial charge in [-0.25, -0.2) is 0 Å². The van der Waals surface area contributed by atoms with Crippen LogP contribution in [0.5, 0.6) is 5.75 Å². The van der Waals surface area contributed by atoms with Gasteiger partial charge in [0.05, 0.1) is 5.69 Å². The van der Waals surface area contributed by atoms with E-state index >= 15 is 0 Å². The summed E-state index contributed by atoms with van der Waals surface area (Å²) >= 11 is 0. The lowest BCUT2D eigenvalue weighted by Gasteiger charge is -2.29. The van der Waals surface area contributed by atoms with Gasteiger partial charge in [0.15, 0.2) is 6.61 Å². The Morgan fingerprint density at radius 3 is 3.00 bits per heavy atom. The van der Waals surface area contributed by atoms with Gasteiger partial charge in [-0.3, -0.25) is 14.5 Å². The molecule has 1 N–H and O–H groups in total. The molecule has 0 saturated heterocycles. The van der Waals surface area contributed by atoms with E-state index in [2.05, 4.69) is 5.32 Å². The molecule has 2 amide bonds. The van der Waals surface area contributed by atoms with Crippen LogP contribution in [0.2, 0.25) is 0 Å². The number of benzene rings is 1. The van der Waals surface area contributed by atoms with Crippen molar-refractivity contribution in [1.29, 1.82) is 0 Å². The van der Waals surface area contributed by atoms with Crippen LogP contribution in [0.15, 0.2) is 18.2 Å². The molecule has 5 heteroatoms. The van der Waals surface area contributed by atoms with E-state index < -0.39 is 0 Å². The zero-order chi connectivity index (χ0) is 13.8. The monoisotopic (exact) mass is 262 g/mol. The van der Waals surface area contributed by atoms with Crippen LogP contribution in [-0.4, -0.2) is 31.5 Å². The Morgan fingerprint density at radius 2 is 2.26 bits per heavy atom. The number of amides is 2. The van der Waals surface area contributed by atoms with Gasteiger partial charge in [-0.05, 0) is 31.0 Å². The van der Waals surface area contributed by atoms with Crippen LogP contribution in [0.25, 0.3) is 0 Å². The number of carbonyl (C=O) groups is 2. The molecule has 0 fully saturated rings. The highest BCUT2D eigenvalue weighted by molar-refractivity contribution is 6.02. The predicted molar refractivity (Wildman–Crippen MR) is 72.3 cm³/mol. The van der Waals surface area contributed by atoms with Gasteiger partial charge in [0.2, 0.25) is 5.91 Å². The fourth-order valence-corrected chi connectivity index (χ4v) is 1.95. The van der Waals surface area contributed by atoms with Gasteiger partial charge in [0, 0.05) is 6.54 Å². The maximum Gasteiger partial charge on any atom is 0.265 e. The summed E-state index contributed by atoms with van der Waals surface area (Å²) < 4.78 is 5.36. The molecular weight excluding hydrogens is 244 g/mol. The van der Waals surface area contributed by atoms with E-state index in [0.717, 1.165) is 12.0 Å². The summed E-state index contributed by atoms with van der Waals surface area (Å²) in [7, 11) is 0. The van der Waals surface area contributed by atoms with Gasteiger partial charge in [-0.2, -0.15) is 0 Å². The molecule has 1 aromatic rings. The van der Waals surface area contributed by atoms with Crippen molar-refractivity contribution in [2.24, 2.45) is 0 Å². The third-order valence-electron chi connectivity index (χ3n) is 2.93. The molecule has 0 saturated carbocycles. The van der Waals surface area contributed by atoms with Crippen molar-refractivity contribution in [2.75, 3.05) is 24.6 Å². The minimum Gasteiger partial charge on any atom is -0.482 e.